The molecule has 2 heterocycles. The van der Waals surface area contributed by atoms with E-state index in [0.717, 1.165) is 28.7 Å². The van der Waals surface area contributed by atoms with E-state index in [0.29, 0.717) is 12.6 Å². The van der Waals surface area contributed by atoms with Gasteiger partial charge in [0.2, 0.25) is 0 Å². The average Bonchev–Trinajstić information content (AvgIpc) is 2.84. The zero-order valence-electron chi connectivity index (χ0n) is 10.1. The molecule has 1 aliphatic heterocycles. The number of nitrogens with zero attached hydrogens (tertiary/aromatic N) is 1. The molecule has 1 aromatic heterocycles. The highest BCUT2D eigenvalue weighted by atomic mass is 79.9. The van der Waals surface area contributed by atoms with Crippen LogP contribution in [0.5, 0.6) is 0 Å². The summed E-state index contributed by atoms with van der Waals surface area (Å²) >= 11 is 4.92. The molecule has 1 aromatic rings. The van der Waals surface area contributed by atoms with Gasteiger partial charge in [-0.25, -0.2) is 0 Å². The molecule has 1 saturated carbocycles. The second-order valence-electron chi connectivity index (χ2n) is 4.89. The third kappa shape index (κ3) is 2.36. The van der Waals surface area contributed by atoms with Gasteiger partial charge in [-0.05, 0) is 34.8 Å². The summed E-state index contributed by atoms with van der Waals surface area (Å²) in [4.78, 5) is 15.4. The van der Waals surface area contributed by atoms with E-state index in [9.17, 15) is 4.79 Å². The van der Waals surface area contributed by atoms with Gasteiger partial charge in [0.25, 0.3) is 5.91 Å². The Balaban J connectivity index is 1.79. The van der Waals surface area contributed by atoms with Gasteiger partial charge >= 0.3 is 0 Å². The third-order valence-electron chi connectivity index (χ3n) is 3.77. The first-order chi connectivity index (χ1) is 8.75. The molecule has 3 nitrogen and oxygen atoms in total. The Labute approximate surface area is 119 Å². The number of carbonyl (C=O) groups is 1. The molecule has 0 bridgehead atoms. The topological polar surface area (TPSA) is 29.5 Å². The predicted octanol–water partition coefficient (Wildman–Crippen LogP) is 3.29. The maximum atomic E-state index is 12.5. The van der Waals surface area contributed by atoms with Gasteiger partial charge in [0.1, 0.15) is 0 Å². The van der Waals surface area contributed by atoms with Crippen molar-refractivity contribution in [1.29, 1.82) is 0 Å². The molecular formula is C13H16BrNO2S. The Hall–Kier alpha value is -0.390. The molecule has 0 unspecified atom stereocenters. The van der Waals surface area contributed by atoms with Crippen LogP contribution in [0.15, 0.2) is 15.9 Å². The molecular weight excluding hydrogens is 314 g/mol. The van der Waals surface area contributed by atoms with Crippen molar-refractivity contribution in [2.45, 2.75) is 37.8 Å². The van der Waals surface area contributed by atoms with Crippen molar-refractivity contribution in [2.75, 3.05) is 13.2 Å². The van der Waals surface area contributed by atoms with Crippen LogP contribution in [0.2, 0.25) is 0 Å². The lowest BCUT2D eigenvalue weighted by Crippen LogP contribution is -2.54. The van der Waals surface area contributed by atoms with Crippen molar-refractivity contribution in [3.63, 3.8) is 0 Å². The van der Waals surface area contributed by atoms with Gasteiger partial charge < -0.3 is 9.64 Å². The quantitative estimate of drug-likeness (QED) is 0.791. The Morgan fingerprint density at radius 2 is 2.28 bits per heavy atom. The molecule has 0 aromatic carbocycles. The first-order valence-electron chi connectivity index (χ1n) is 6.42. The maximum absolute atomic E-state index is 12.5. The maximum Gasteiger partial charge on any atom is 0.264 e. The van der Waals surface area contributed by atoms with Gasteiger partial charge in [-0.1, -0.05) is 12.8 Å². The molecule has 1 amide bonds. The van der Waals surface area contributed by atoms with Crippen LogP contribution < -0.4 is 0 Å². The van der Waals surface area contributed by atoms with E-state index < -0.39 is 0 Å². The first kappa shape index (κ1) is 12.6. The number of morpholine rings is 1. The Morgan fingerprint density at radius 1 is 1.44 bits per heavy atom. The van der Waals surface area contributed by atoms with Gasteiger partial charge in [0, 0.05) is 16.4 Å². The number of rotatable bonds is 1. The van der Waals surface area contributed by atoms with Gasteiger partial charge in [-0.15, -0.1) is 11.3 Å². The fraction of sp³-hybridized carbons (Fsp3) is 0.615. The van der Waals surface area contributed by atoms with Crippen LogP contribution in [-0.2, 0) is 4.74 Å². The zero-order valence-corrected chi connectivity index (χ0v) is 12.5. The Bertz CT molecular complexity index is 446. The van der Waals surface area contributed by atoms with E-state index in [4.69, 9.17) is 4.74 Å². The highest BCUT2D eigenvalue weighted by Crippen LogP contribution is 2.30. The summed E-state index contributed by atoms with van der Waals surface area (Å²) in [5.41, 5.74) is 0. The lowest BCUT2D eigenvalue weighted by molar-refractivity contribution is -0.0751. The lowest BCUT2D eigenvalue weighted by Gasteiger charge is -2.43. The number of ether oxygens (including phenoxy) is 1. The second kappa shape index (κ2) is 5.31. The smallest absolute Gasteiger partial charge is 0.264 e. The molecule has 2 atom stereocenters. The van der Waals surface area contributed by atoms with Crippen molar-refractivity contribution in [3.8, 4) is 0 Å². The molecule has 2 fully saturated rings. The molecule has 5 heteroatoms. The standard InChI is InChI=1S/C13H16BrNO2S/c14-9-7-12(18-8-9)13(16)15-5-6-17-11-4-2-1-3-10(11)15/h7-8,10-11H,1-6H2/t10-,11-/m1/s1. The monoisotopic (exact) mass is 329 g/mol. The molecule has 0 spiro atoms. The minimum atomic E-state index is 0.172. The van der Waals surface area contributed by atoms with Crippen molar-refractivity contribution < 1.29 is 9.53 Å². The number of fused-ring (bicyclic) bond motifs is 1. The van der Waals surface area contributed by atoms with Crippen molar-refractivity contribution in [1.82, 2.24) is 4.90 Å². The SMILES string of the molecule is O=C(c1cc(Br)cs1)N1CCO[C@@H]2CCCC[C@H]21. The summed E-state index contributed by atoms with van der Waals surface area (Å²) in [6, 6.07) is 2.21. The second-order valence-corrected chi connectivity index (χ2v) is 6.72. The van der Waals surface area contributed by atoms with Crippen molar-refractivity contribution in [3.05, 3.63) is 20.8 Å². The largest absolute Gasteiger partial charge is 0.374 e. The normalized spacial score (nSPS) is 27.9. The van der Waals surface area contributed by atoms with Crippen molar-refractivity contribution >= 4 is 33.2 Å². The van der Waals surface area contributed by atoms with Gasteiger partial charge in [-0.3, -0.25) is 4.79 Å². The Morgan fingerprint density at radius 3 is 3.06 bits per heavy atom. The van der Waals surface area contributed by atoms with Crippen LogP contribution in [-0.4, -0.2) is 36.1 Å². The summed E-state index contributed by atoms with van der Waals surface area (Å²) in [6.45, 7) is 1.41. The fourth-order valence-corrected chi connectivity index (χ4v) is 4.30. The molecule has 3 rings (SSSR count). The van der Waals surface area contributed by atoms with Crippen molar-refractivity contribution in [2.24, 2.45) is 0 Å². The minimum Gasteiger partial charge on any atom is -0.374 e. The zero-order chi connectivity index (χ0) is 12.5. The number of hydrogen-bond acceptors (Lipinski definition) is 3. The molecule has 2 aliphatic rings. The molecule has 1 saturated heterocycles. The van der Waals surface area contributed by atoms with Crippen LogP contribution in [0.4, 0.5) is 0 Å². The summed E-state index contributed by atoms with van der Waals surface area (Å²) < 4.78 is 6.79. The van der Waals surface area contributed by atoms with Crippen LogP contribution in [0, 0.1) is 0 Å². The van der Waals surface area contributed by atoms with E-state index in [1.54, 1.807) is 0 Å². The number of halogens is 1. The van der Waals surface area contributed by atoms with Gasteiger partial charge in [0.05, 0.1) is 23.6 Å². The van der Waals surface area contributed by atoms with Gasteiger partial charge in [-0.2, -0.15) is 0 Å². The predicted molar refractivity (Wildman–Crippen MR) is 75.1 cm³/mol. The molecule has 98 valence electrons. The van der Waals surface area contributed by atoms with E-state index >= 15 is 0 Å². The number of amides is 1. The minimum absolute atomic E-state index is 0.172. The van der Waals surface area contributed by atoms with E-state index in [2.05, 4.69) is 15.9 Å². The molecule has 0 radical (unpaired) electrons. The van der Waals surface area contributed by atoms with Crippen LogP contribution in [0.1, 0.15) is 35.4 Å². The highest BCUT2D eigenvalue weighted by Gasteiger charge is 2.37. The third-order valence-corrected chi connectivity index (χ3v) is 5.45. The summed E-state index contributed by atoms with van der Waals surface area (Å²) in [7, 11) is 0. The average molecular weight is 330 g/mol. The van der Waals surface area contributed by atoms with Crippen LogP contribution in [0.25, 0.3) is 0 Å². The molecule has 18 heavy (non-hydrogen) atoms. The summed E-state index contributed by atoms with van der Waals surface area (Å²) in [5.74, 6) is 0.172. The number of carbonyl (C=O) groups excluding carboxylic acids is 1. The van der Waals surface area contributed by atoms with Crippen LogP contribution >= 0.6 is 27.3 Å². The highest BCUT2D eigenvalue weighted by molar-refractivity contribution is 9.10. The summed E-state index contributed by atoms with van der Waals surface area (Å²) in [5, 5.41) is 1.96. The Kier molecular flexibility index (Phi) is 3.73. The van der Waals surface area contributed by atoms with Gasteiger partial charge in [0.15, 0.2) is 0 Å². The molecule has 1 aliphatic carbocycles. The molecule has 0 N–H and O–H groups in total. The van der Waals surface area contributed by atoms with Crippen LogP contribution in [0.3, 0.4) is 0 Å². The number of hydrogen-bond donors (Lipinski definition) is 0. The van der Waals surface area contributed by atoms with E-state index in [1.165, 1.54) is 24.2 Å². The summed E-state index contributed by atoms with van der Waals surface area (Å²) in [6.07, 6.45) is 4.89. The number of thiophene rings is 1. The lowest BCUT2D eigenvalue weighted by atomic mass is 9.90. The first-order valence-corrected chi connectivity index (χ1v) is 8.09. The fourth-order valence-electron chi connectivity index (χ4n) is 2.92. The van der Waals surface area contributed by atoms with E-state index in [1.807, 2.05) is 16.3 Å². The van der Waals surface area contributed by atoms with E-state index in [-0.39, 0.29) is 12.0 Å².